The van der Waals surface area contributed by atoms with Crippen LogP contribution < -0.4 is 5.73 Å². The second kappa shape index (κ2) is 4.14. The Labute approximate surface area is 109 Å². The van der Waals surface area contributed by atoms with Crippen LogP contribution in [0.2, 0.25) is 0 Å². The number of hydrogen-bond acceptors (Lipinski definition) is 3. The Balaban J connectivity index is 2.66. The molecule has 90 valence electrons. The summed E-state index contributed by atoms with van der Waals surface area (Å²) in [7, 11) is 0. The SMILES string of the molecule is CC(C)(C)c1c(N)nnn1-c1ccccc1Br. The predicted octanol–water partition coefficient (Wildman–Crippen LogP) is 2.91. The molecule has 0 aliphatic rings. The minimum atomic E-state index is -0.108. The topological polar surface area (TPSA) is 56.7 Å². The average Bonchev–Trinajstić information content (AvgIpc) is 2.60. The summed E-state index contributed by atoms with van der Waals surface area (Å²) in [6.07, 6.45) is 0. The zero-order chi connectivity index (χ0) is 12.6. The number of nitrogen functional groups attached to an aromatic ring is 1. The fraction of sp³-hybridized carbons (Fsp3) is 0.333. The van der Waals surface area contributed by atoms with E-state index in [1.165, 1.54) is 0 Å². The lowest BCUT2D eigenvalue weighted by Gasteiger charge is -2.20. The van der Waals surface area contributed by atoms with Crippen molar-refractivity contribution >= 4 is 21.7 Å². The average molecular weight is 295 g/mol. The number of para-hydroxylation sites is 1. The van der Waals surface area contributed by atoms with E-state index >= 15 is 0 Å². The van der Waals surface area contributed by atoms with Gasteiger partial charge in [-0.3, -0.25) is 0 Å². The third-order valence-corrected chi connectivity index (χ3v) is 3.16. The summed E-state index contributed by atoms with van der Waals surface area (Å²) in [4.78, 5) is 0. The zero-order valence-electron chi connectivity index (χ0n) is 10.1. The highest BCUT2D eigenvalue weighted by molar-refractivity contribution is 9.10. The Morgan fingerprint density at radius 2 is 1.88 bits per heavy atom. The molecule has 4 nitrogen and oxygen atoms in total. The van der Waals surface area contributed by atoms with Gasteiger partial charge in [-0.25, -0.2) is 4.68 Å². The van der Waals surface area contributed by atoms with E-state index in [2.05, 4.69) is 47.0 Å². The first-order valence-corrected chi connectivity index (χ1v) is 6.17. The molecular formula is C12H15BrN4. The summed E-state index contributed by atoms with van der Waals surface area (Å²) >= 11 is 3.51. The second-order valence-corrected chi connectivity index (χ2v) is 5.79. The van der Waals surface area contributed by atoms with Gasteiger partial charge in [-0.2, -0.15) is 0 Å². The normalized spacial score (nSPS) is 11.8. The Morgan fingerprint density at radius 1 is 1.24 bits per heavy atom. The number of hydrogen-bond donors (Lipinski definition) is 1. The van der Waals surface area contributed by atoms with Gasteiger partial charge in [0.25, 0.3) is 0 Å². The first kappa shape index (κ1) is 12.1. The number of benzene rings is 1. The van der Waals surface area contributed by atoms with Crippen molar-refractivity contribution in [2.24, 2.45) is 0 Å². The molecular weight excluding hydrogens is 280 g/mol. The first-order valence-electron chi connectivity index (χ1n) is 5.38. The highest BCUT2D eigenvalue weighted by Crippen LogP contribution is 2.30. The Morgan fingerprint density at radius 3 is 2.47 bits per heavy atom. The monoisotopic (exact) mass is 294 g/mol. The van der Waals surface area contributed by atoms with E-state index < -0.39 is 0 Å². The lowest BCUT2D eigenvalue weighted by molar-refractivity contribution is 0.544. The van der Waals surface area contributed by atoms with Gasteiger partial charge in [0.2, 0.25) is 0 Å². The van der Waals surface area contributed by atoms with Crippen molar-refractivity contribution in [3.8, 4) is 5.69 Å². The standard InChI is InChI=1S/C12H15BrN4/c1-12(2,3)10-11(14)15-16-17(10)9-7-5-4-6-8(9)13/h4-7H,14H2,1-3H3. The van der Waals surface area contributed by atoms with E-state index in [0.717, 1.165) is 15.9 Å². The molecule has 17 heavy (non-hydrogen) atoms. The molecule has 1 aromatic heterocycles. The molecule has 2 aromatic rings. The predicted molar refractivity (Wildman–Crippen MR) is 72.2 cm³/mol. The molecule has 1 heterocycles. The number of rotatable bonds is 1. The minimum absolute atomic E-state index is 0.108. The Bertz CT molecular complexity index is 540. The lowest BCUT2D eigenvalue weighted by atomic mass is 9.91. The van der Waals surface area contributed by atoms with Crippen LogP contribution >= 0.6 is 15.9 Å². The van der Waals surface area contributed by atoms with Crippen molar-refractivity contribution in [1.29, 1.82) is 0 Å². The largest absolute Gasteiger partial charge is 0.381 e. The third kappa shape index (κ3) is 2.20. The molecule has 0 spiro atoms. The number of anilines is 1. The second-order valence-electron chi connectivity index (χ2n) is 4.94. The van der Waals surface area contributed by atoms with Gasteiger partial charge < -0.3 is 5.73 Å². The van der Waals surface area contributed by atoms with Crippen LogP contribution in [-0.2, 0) is 5.41 Å². The number of aromatic nitrogens is 3. The van der Waals surface area contributed by atoms with Gasteiger partial charge in [0, 0.05) is 9.89 Å². The van der Waals surface area contributed by atoms with Crippen molar-refractivity contribution < 1.29 is 0 Å². The van der Waals surface area contributed by atoms with Gasteiger partial charge in [0.05, 0.1) is 11.4 Å². The lowest BCUT2D eigenvalue weighted by Crippen LogP contribution is -2.19. The highest BCUT2D eigenvalue weighted by Gasteiger charge is 2.25. The van der Waals surface area contributed by atoms with Crippen molar-refractivity contribution in [3.63, 3.8) is 0 Å². The summed E-state index contributed by atoms with van der Waals surface area (Å²) in [6.45, 7) is 6.28. The molecule has 0 bridgehead atoms. The number of nitrogens with zero attached hydrogens (tertiary/aromatic N) is 3. The molecule has 0 amide bonds. The molecule has 0 saturated carbocycles. The van der Waals surface area contributed by atoms with Crippen LogP contribution in [-0.4, -0.2) is 15.0 Å². The van der Waals surface area contributed by atoms with Gasteiger partial charge in [0.15, 0.2) is 5.82 Å². The van der Waals surface area contributed by atoms with Crippen molar-refractivity contribution in [2.45, 2.75) is 26.2 Å². The van der Waals surface area contributed by atoms with Gasteiger partial charge >= 0.3 is 0 Å². The van der Waals surface area contributed by atoms with Crippen LogP contribution in [0.4, 0.5) is 5.82 Å². The number of halogens is 1. The molecule has 0 atom stereocenters. The van der Waals surface area contributed by atoms with Crippen molar-refractivity contribution in [3.05, 3.63) is 34.4 Å². The van der Waals surface area contributed by atoms with E-state index in [1.807, 2.05) is 24.3 Å². The van der Waals surface area contributed by atoms with Crippen LogP contribution in [0, 0.1) is 0 Å². The first-order chi connectivity index (χ1) is 7.91. The smallest absolute Gasteiger partial charge is 0.170 e. The number of nitrogens with two attached hydrogens (primary N) is 1. The van der Waals surface area contributed by atoms with Gasteiger partial charge in [0.1, 0.15) is 0 Å². The molecule has 2 N–H and O–H groups in total. The molecule has 0 radical (unpaired) electrons. The van der Waals surface area contributed by atoms with Crippen LogP contribution in [0.25, 0.3) is 5.69 Å². The van der Waals surface area contributed by atoms with Crippen LogP contribution in [0.15, 0.2) is 28.7 Å². The highest BCUT2D eigenvalue weighted by atomic mass is 79.9. The van der Waals surface area contributed by atoms with Crippen LogP contribution in [0.5, 0.6) is 0 Å². The maximum absolute atomic E-state index is 5.91. The Hall–Kier alpha value is -1.36. The van der Waals surface area contributed by atoms with Crippen molar-refractivity contribution in [2.75, 3.05) is 5.73 Å². The van der Waals surface area contributed by atoms with E-state index in [0.29, 0.717) is 5.82 Å². The third-order valence-electron chi connectivity index (χ3n) is 2.49. The van der Waals surface area contributed by atoms with E-state index in [4.69, 9.17) is 5.73 Å². The van der Waals surface area contributed by atoms with Gasteiger partial charge in [-0.15, -0.1) is 5.10 Å². The van der Waals surface area contributed by atoms with Crippen LogP contribution in [0.3, 0.4) is 0 Å². The maximum atomic E-state index is 5.91. The maximum Gasteiger partial charge on any atom is 0.170 e. The summed E-state index contributed by atoms with van der Waals surface area (Å²) in [5, 5.41) is 8.10. The summed E-state index contributed by atoms with van der Waals surface area (Å²) in [5.74, 6) is 0.480. The molecule has 5 heteroatoms. The van der Waals surface area contributed by atoms with E-state index in [9.17, 15) is 0 Å². The van der Waals surface area contributed by atoms with Gasteiger partial charge in [-0.05, 0) is 28.1 Å². The fourth-order valence-electron chi connectivity index (χ4n) is 1.79. The fourth-order valence-corrected chi connectivity index (χ4v) is 2.24. The van der Waals surface area contributed by atoms with Crippen molar-refractivity contribution in [1.82, 2.24) is 15.0 Å². The van der Waals surface area contributed by atoms with E-state index in [-0.39, 0.29) is 5.41 Å². The van der Waals surface area contributed by atoms with E-state index in [1.54, 1.807) is 4.68 Å². The molecule has 0 aliphatic heterocycles. The molecule has 0 unspecified atom stereocenters. The molecule has 0 fully saturated rings. The van der Waals surface area contributed by atoms with Gasteiger partial charge in [-0.1, -0.05) is 38.1 Å². The Kier molecular flexibility index (Phi) is 2.95. The molecule has 0 saturated heterocycles. The molecule has 0 aliphatic carbocycles. The summed E-state index contributed by atoms with van der Waals surface area (Å²) < 4.78 is 2.76. The summed E-state index contributed by atoms with van der Waals surface area (Å²) in [5.41, 5.74) is 7.66. The summed E-state index contributed by atoms with van der Waals surface area (Å²) in [6, 6.07) is 7.88. The minimum Gasteiger partial charge on any atom is -0.381 e. The quantitative estimate of drug-likeness (QED) is 0.880. The molecule has 2 rings (SSSR count). The van der Waals surface area contributed by atoms with Crippen LogP contribution in [0.1, 0.15) is 26.5 Å². The zero-order valence-corrected chi connectivity index (χ0v) is 11.7. The molecule has 1 aromatic carbocycles.